The maximum atomic E-state index is 13.4. The number of fused-ring (bicyclic) bond motifs is 2. The van der Waals surface area contributed by atoms with Gasteiger partial charge in [-0.2, -0.15) is 5.10 Å². The van der Waals surface area contributed by atoms with Crippen LogP contribution in [0, 0.1) is 6.92 Å². The second kappa shape index (κ2) is 6.68. The van der Waals surface area contributed by atoms with Crippen LogP contribution in [-0.4, -0.2) is 46.9 Å². The molecule has 8 heteroatoms. The van der Waals surface area contributed by atoms with Crippen molar-refractivity contribution >= 4 is 16.9 Å². The third kappa shape index (κ3) is 2.70. The summed E-state index contributed by atoms with van der Waals surface area (Å²) in [7, 11) is 1.87. The van der Waals surface area contributed by atoms with Gasteiger partial charge in [-0.15, -0.1) is 10.2 Å². The predicted molar refractivity (Wildman–Crippen MR) is 104 cm³/mol. The standard InChI is InChI=1S/C20H25N7O/c1-13-15-11-14(12-21-18(15)25(2)24-13)20(28)26-10-6-7-16(26)19-23-22-17-8-4-3-5-9-27(17)19/h11-12,16H,3-10H2,1-2H3/t16-/m0/s1. The van der Waals surface area contributed by atoms with Gasteiger partial charge in [0.25, 0.3) is 5.91 Å². The van der Waals surface area contributed by atoms with E-state index < -0.39 is 0 Å². The summed E-state index contributed by atoms with van der Waals surface area (Å²) in [6, 6.07) is 1.92. The molecule has 146 valence electrons. The number of rotatable bonds is 2. The van der Waals surface area contributed by atoms with E-state index in [9.17, 15) is 4.79 Å². The van der Waals surface area contributed by atoms with Gasteiger partial charge in [-0.1, -0.05) is 6.42 Å². The molecular formula is C20H25N7O. The first-order valence-electron chi connectivity index (χ1n) is 10.2. The lowest BCUT2D eigenvalue weighted by Gasteiger charge is -2.24. The van der Waals surface area contributed by atoms with Crippen LogP contribution >= 0.6 is 0 Å². The van der Waals surface area contributed by atoms with Gasteiger partial charge in [-0.25, -0.2) is 4.98 Å². The van der Waals surface area contributed by atoms with Gasteiger partial charge in [0, 0.05) is 38.1 Å². The van der Waals surface area contributed by atoms with Crippen LogP contribution in [0.1, 0.15) is 65.8 Å². The lowest BCUT2D eigenvalue weighted by Crippen LogP contribution is -2.32. The van der Waals surface area contributed by atoms with E-state index in [0.717, 1.165) is 67.1 Å². The van der Waals surface area contributed by atoms with Crippen molar-refractivity contribution in [1.82, 2.24) is 34.4 Å². The molecule has 0 aromatic carbocycles. The van der Waals surface area contributed by atoms with Gasteiger partial charge in [-0.3, -0.25) is 9.48 Å². The van der Waals surface area contributed by atoms with Crippen LogP contribution in [-0.2, 0) is 20.0 Å². The van der Waals surface area contributed by atoms with Gasteiger partial charge in [0.15, 0.2) is 11.5 Å². The molecule has 1 amide bonds. The zero-order valence-electron chi connectivity index (χ0n) is 16.4. The smallest absolute Gasteiger partial charge is 0.256 e. The topological polar surface area (TPSA) is 81.7 Å². The van der Waals surface area contributed by atoms with E-state index in [1.54, 1.807) is 10.9 Å². The van der Waals surface area contributed by atoms with E-state index in [4.69, 9.17) is 0 Å². The van der Waals surface area contributed by atoms with Crippen LogP contribution in [0.15, 0.2) is 12.3 Å². The number of aryl methyl sites for hydroxylation is 3. The van der Waals surface area contributed by atoms with Crippen molar-refractivity contribution in [2.75, 3.05) is 6.54 Å². The average molecular weight is 379 g/mol. The van der Waals surface area contributed by atoms with E-state index in [1.165, 1.54) is 12.8 Å². The maximum absolute atomic E-state index is 13.4. The molecule has 8 nitrogen and oxygen atoms in total. The number of nitrogens with zero attached hydrogens (tertiary/aromatic N) is 7. The fourth-order valence-corrected chi connectivity index (χ4v) is 4.62. The molecule has 2 aliphatic heterocycles. The number of carbonyl (C=O) groups is 1. The quantitative estimate of drug-likeness (QED) is 0.683. The zero-order valence-corrected chi connectivity index (χ0v) is 16.4. The summed E-state index contributed by atoms with van der Waals surface area (Å²) >= 11 is 0. The predicted octanol–water partition coefficient (Wildman–Crippen LogP) is 2.57. The van der Waals surface area contributed by atoms with Crippen molar-refractivity contribution in [2.45, 2.75) is 58.0 Å². The third-order valence-electron chi connectivity index (χ3n) is 6.06. The monoisotopic (exact) mass is 379 g/mol. The van der Waals surface area contributed by atoms with Gasteiger partial charge < -0.3 is 9.47 Å². The molecular weight excluding hydrogens is 354 g/mol. The highest BCUT2D eigenvalue weighted by molar-refractivity contribution is 5.97. The molecule has 3 aromatic heterocycles. The molecule has 0 saturated carbocycles. The van der Waals surface area contributed by atoms with Crippen molar-refractivity contribution in [3.8, 4) is 0 Å². The highest BCUT2D eigenvalue weighted by Crippen LogP contribution is 2.33. The van der Waals surface area contributed by atoms with Crippen molar-refractivity contribution in [3.63, 3.8) is 0 Å². The molecule has 2 aliphatic rings. The molecule has 0 N–H and O–H groups in total. The molecule has 0 radical (unpaired) electrons. The zero-order chi connectivity index (χ0) is 19.3. The number of likely N-dealkylation sites (tertiary alicyclic amines) is 1. The molecule has 1 saturated heterocycles. The molecule has 1 atom stereocenters. The minimum Gasteiger partial charge on any atom is -0.328 e. The van der Waals surface area contributed by atoms with E-state index >= 15 is 0 Å². The Hall–Kier alpha value is -2.77. The normalized spacial score (nSPS) is 19.8. The third-order valence-corrected chi connectivity index (χ3v) is 6.06. The summed E-state index contributed by atoms with van der Waals surface area (Å²) < 4.78 is 4.01. The van der Waals surface area contributed by atoms with E-state index in [1.807, 2.05) is 24.9 Å². The van der Waals surface area contributed by atoms with E-state index in [-0.39, 0.29) is 11.9 Å². The Morgan fingerprint density at radius 3 is 2.93 bits per heavy atom. The number of amides is 1. The van der Waals surface area contributed by atoms with Crippen LogP contribution in [0.5, 0.6) is 0 Å². The summed E-state index contributed by atoms with van der Waals surface area (Å²) in [4.78, 5) is 19.8. The van der Waals surface area contributed by atoms with Gasteiger partial charge in [0.2, 0.25) is 0 Å². The molecule has 3 aromatic rings. The average Bonchev–Trinajstić information content (AvgIpc) is 3.35. The van der Waals surface area contributed by atoms with Gasteiger partial charge in [0.1, 0.15) is 5.82 Å². The van der Waals surface area contributed by atoms with Crippen LogP contribution < -0.4 is 0 Å². The van der Waals surface area contributed by atoms with E-state index in [2.05, 4.69) is 24.8 Å². The Labute approximate surface area is 163 Å². The lowest BCUT2D eigenvalue weighted by atomic mass is 10.1. The first-order valence-corrected chi connectivity index (χ1v) is 10.2. The minimum atomic E-state index is -0.00228. The van der Waals surface area contributed by atoms with Crippen molar-refractivity contribution < 1.29 is 4.79 Å². The fraction of sp³-hybridized carbons (Fsp3) is 0.550. The molecule has 28 heavy (non-hydrogen) atoms. The second-order valence-corrected chi connectivity index (χ2v) is 7.90. The highest BCUT2D eigenvalue weighted by atomic mass is 16.2. The Bertz CT molecular complexity index is 1050. The molecule has 0 bridgehead atoms. The molecule has 5 rings (SSSR count). The van der Waals surface area contributed by atoms with E-state index in [0.29, 0.717) is 5.56 Å². The molecule has 5 heterocycles. The summed E-state index contributed by atoms with van der Waals surface area (Å²) in [5.41, 5.74) is 2.31. The maximum Gasteiger partial charge on any atom is 0.256 e. The Balaban J connectivity index is 1.48. The SMILES string of the molecule is Cc1nn(C)c2ncc(C(=O)N3CCC[C@H]3c3nnc4n3CCCCC4)cc12. The lowest BCUT2D eigenvalue weighted by molar-refractivity contribution is 0.0727. The van der Waals surface area contributed by atoms with Gasteiger partial charge in [0.05, 0.1) is 17.3 Å². The second-order valence-electron chi connectivity index (χ2n) is 7.90. The first-order chi connectivity index (χ1) is 13.6. The molecule has 1 fully saturated rings. The molecule has 0 unspecified atom stereocenters. The summed E-state index contributed by atoms with van der Waals surface area (Å²) in [6.07, 6.45) is 8.12. The molecule has 0 spiro atoms. The summed E-state index contributed by atoms with van der Waals surface area (Å²) in [5, 5.41) is 14.3. The Morgan fingerprint density at radius 2 is 2.04 bits per heavy atom. The summed E-state index contributed by atoms with van der Waals surface area (Å²) in [6.45, 7) is 3.65. The number of hydrogen-bond donors (Lipinski definition) is 0. The van der Waals surface area contributed by atoms with Crippen LogP contribution in [0.2, 0.25) is 0 Å². The van der Waals surface area contributed by atoms with Crippen LogP contribution in [0.3, 0.4) is 0 Å². The minimum absolute atomic E-state index is 0.00228. The first kappa shape index (κ1) is 17.3. The Kier molecular flexibility index (Phi) is 4.14. The highest BCUT2D eigenvalue weighted by Gasteiger charge is 2.35. The number of hydrogen-bond acceptors (Lipinski definition) is 5. The van der Waals surface area contributed by atoms with Crippen LogP contribution in [0.25, 0.3) is 11.0 Å². The molecule has 0 aliphatic carbocycles. The number of carbonyl (C=O) groups excluding carboxylic acids is 1. The van der Waals surface area contributed by atoms with Crippen LogP contribution in [0.4, 0.5) is 0 Å². The van der Waals surface area contributed by atoms with Gasteiger partial charge >= 0.3 is 0 Å². The number of aromatic nitrogens is 6. The Morgan fingerprint density at radius 1 is 1.14 bits per heavy atom. The van der Waals surface area contributed by atoms with Crippen molar-refractivity contribution in [2.24, 2.45) is 7.05 Å². The largest absolute Gasteiger partial charge is 0.328 e. The summed E-state index contributed by atoms with van der Waals surface area (Å²) in [5.74, 6) is 2.04. The van der Waals surface area contributed by atoms with Gasteiger partial charge in [-0.05, 0) is 38.7 Å². The number of pyridine rings is 1. The van der Waals surface area contributed by atoms with Crippen molar-refractivity contribution in [3.05, 3.63) is 35.2 Å². The van der Waals surface area contributed by atoms with Crippen molar-refractivity contribution in [1.29, 1.82) is 0 Å². The fourth-order valence-electron chi connectivity index (χ4n) is 4.62.